The van der Waals surface area contributed by atoms with Crippen LogP contribution in [0, 0.1) is 13.8 Å². The number of aryl methyl sites for hydroxylation is 2. The van der Waals surface area contributed by atoms with E-state index in [9.17, 15) is 0 Å². The Morgan fingerprint density at radius 2 is 0.854 bits per heavy atom. The van der Waals surface area contributed by atoms with E-state index in [4.69, 9.17) is 9.47 Å². The van der Waals surface area contributed by atoms with E-state index in [2.05, 4.69) is 164 Å². The van der Waals surface area contributed by atoms with Crippen molar-refractivity contribution in [3.05, 3.63) is 169 Å². The van der Waals surface area contributed by atoms with Gasteiger partial charge in [0.15, 0.2) is 0 Å². The standard InChI is InChI=1S/C44H32BNO2/c1-29-11-9-13-31(23-29)33-19-21-38-40(25-33)47-42-27-37(46(35-15-5-3-6-16-35)36-17-7-4-8-18-36)28-43-44(42)45(38)39-22-20-34(26-41(39)48-43)32-14-10-12-30(2)24-32/h3-28H,1-2H3. The van der Waals surface area contributed by atoms with Crippen LogP contribution in [0.1, 0.15) is 11.1 Å². The third-order valence-electron chi connectivity index (χ3n) is 9.46. The number of rotatable bonds is 5. The van der Waals surface area contributed by atoms with Crippen LogP contribution in [0.15, 0.2) is 158 Å². The first-order chi connectivity index (χ1) is 23.6. The molecule has 4 heteroatoms. The smallest absolute Gasteiger partial charge is 0.260 e. The predicted molar refractivity (Wildman–Crippen MR) is 199 cm³/mol. The summed E-state index contributed by atoms with van der Waals surface area (Å²) in [5, 5.41) is 0. The fourth-order valence-corrected chi connectivity index (χ4v) is 7.22. The molecule has 0 N–H and O–H groups in total. The van der Waals surface area contributed by atoms with Gasteiger partial charge in [-0.2, -0.15) is 0 Å². The molecule has 0 fully saturated rings. The summed E-state index contributed by atoms with van der Waals surface area (Å²) >= 11 is 0. The van der Waals surface area contributed by atoms with E-state index in [1.54, 1.807) is 0 Å². The summed E-state index contributed by atoms with van der Waals surface area (Å²) < 4.78 is 13.8. The molecule has 0 saturated carbocycles. The van der Waals surface area contributed by atoms with Crippen molar-refractivity contribution in [2.45, 2.75) is 13.8 Å². The summed E-state index contributed by atoms with van der Waals surface area (Å²) in [7, 11) is 0. The minimum absolute atomic E-state index is 0.0310. The summed E-state index contributed by atoms with van der Waals surface area (Å²) in [6, 6.07) is 55.8. The highest BCUT2D eigenvalue weighted by Crippen LogP contribution is 2.43. The van der Waals surface area contributed by atoms with Crippen LogP contribution >= 0.6 is 0 Å². The molecule has 0 radical (unpaired) electrons. The number of para-hydroxylation sites is 2. The Morgan fingerprint density at radius 1 is 0.396 bits per heavy atom. The molecule has 2 aliphatic rings. The van der Waals surface area contributed by atoms with Gasteiger partial charge in [0.25, 0.3) is 6.71 Å². The number of fused-ring (bicyclic) bond motifs is 4. The van der Waals surface area contributed by atoms with Crippen LogP contribution in [0.2, 0.25) is 0 Å². The fraction of sp³-hybridized carbons (Fsp3) is 0.0455. The van der Waals surface area contributed by atoms with Crippen molar-refractivity contribution in [1.82, 2.24) is 0 Å². The molecule has 7 aromatic rings. The number of anilines is 3. The van der Waals surface area contributed by atoms with Gasteiger partial charge in [-0.25, -0.2) is 0 Å². The summed E-state index contributed by atoms with van der Waals surface area (Å²) in [6.07, 6.45) is 0. The number of hydrogen-bond acceptors (Lipinski definition) is 3. The lowest BCUT2D eigenvalue weighted by Gasteiger charge is -2.35. The van der Waals surface area contributed by atoms with E-state index < -0.39 is 0 Å². The van der Waals surface area contributed by atoms with Crippen molar-refractivity contribution >= 4 is 40.2 Å². The van der Waals surface area contributed by atoms with E-state index >= 15 is 0 Å². The van der Waals surface area contributed by atoms with Crippen molar-refractivity contribution in [1.29, 1.82) is 0 Å². The molecule has 2 aliphatic heterocycles. The zero-order valence-electron chi connectivity index (χ0n) is 26.9. The molecule has 7 aromatic carbocycles. The van der Waals surface area contributed by atoms with Gasteiger partial charge in [0.2, 0.25) is 0 Å². The van der Waals surface area contributed by atoms with Gasteiger partial charge in [-0.05, 0) is 83.4 Å². The lowest BCUT2D eigenvalue weighted by Crippen LogP contribution is -2.57. The molecule has 2 heterocycles. The Bertz CT molecular complexity index is 2170. The SMILES string of the molecule is Cc1cccc(-c2ccc3c(c2)Oc2cc(N(c4ccccc4)c4ccccc4)cc4c2B3c2ccc(-c3cccc(C)c3)cc2O4)c1. The highest BCUT2D eigenvalue weighted by Gasteiger charge is 2.41. The van der Waals surface area contributed by atoms with Gasteiger partial charge in [0.1, 0.15) is 23.0 Å². The summed E-state index contributed by atoms with van der Waals surface area (Å²) in [5.74, 6) is 3.37. The first-order valence-corrected chi connectivity index (χ1v) is 16.4. The molecule has 0 bridgehead atoms. The largest absolute Gasteiger partial charge is 0.458 e. The molecule has 9 rings (SSSR count). The Kier molecular flexibility index (Phi) is 6.68. The quantitative estimate of drug-likeness (QED) is 0.180. The zero-order valence-corrected chi connectivity index (χ0v) is 26.9. The van der Waals surface area contributed by atoms with E-state index in [-0.39, 0.29) is 6.71 Å². The molecule has 0 saturated heterocycles. The minimum atomic E-state index is -0.0310. The molecule has 0 amide bonds. The van der Waals surface area contributed by atoms with Crippen LogP contribution in [-0.4, -0.2) is 6.71 Å². The van der Waals surface area contributed by atoms with E-state index in [1.165, 1.54) is 22.3 Å². The van der Waals surface area contributed by atoms with Crippen molar-refractivity contribution in [3.63, 3.8) is 0 Å². The molecule has 0 spiro atoms. The minimum Gasteiger partial charge on any atom is -0.458 e. The third kappa shape index (κ3) is 4.85. The van der Waals surface area contributed by atoms with Crippen LogP contribution in [0.4, 0.5) is 17.1 Å². The summed E-state index contributed by atoms with van der Waals surface area (Å²) in [5.41, 5.74) is 13.5. The van der Waals surface area contributed by atoms with Gasteiger partial charge in [0, 0.05) is 29.0 Å². The van der Waals surface area contributed by atoms with Gasteiger partial charge in [0.05, 0.1) is 5.69 Å². The molecular weight excluding hydrogens is 585 g/mol. The summed E-state index contributed by atoms with van der Waals surface area (Å²) in [6.45, 7) is 4.23. The van der Waals surface area contributed by atoms with Gasteiger partial charge in [-0.15, -0.1) is 0 Å². The van der Waals surface area contributed by atoms with Gasteiger partial charge < -0.3 is 14.4 Å². The molecule has 0 aliphatic carbocycles. The van der Waals surface area contributed by atoms with E-state index in [0.717, 1.165) is 67.6 Å². The average Bonchev–Trinajstić information content (AvgIpc) is 3.12. The fourth-order valence-electron chi connectivity index (χ4n) is 7.22. The Labute approximate surface area is 281 Å². The number of ether oxygens (including phenoxy) is 2. The second kappa shape index (κ2) is 11.4. The molecule has 48 heavy (non-hydrogen) atoms. The highest BCUT2D eigenvalue weighted by atomic mass is 16.5. The van der Waals surface area contributed by atoms with Crippen molar-refractivity contribution in [3.8, 4) is 45.3 Å². The predicted octanol–water partition coefficient (Wildman–Crippen LogP) is 9.83. The van der Waals surface area contributed by atoms with Gasteiger partial charge >= 0.3 is 0 Å². The monoisotopic (exact) mass is 617 g/mol. The van der Waals surface area contributed by atoms with Crippen molar-refractivity contribution < 1.29 is 9.47 Å². The Balaban J connectivity index is 1.25. The number of benzene rings is 7. The molecule has 228 valence electrons. The van der Waals surface area contributed by atoms with Crippen LogP contribution in [0.5, 0.6) is 23.0 Å². The topological polar surface area (TPSA) is 21.7 Å². The maximum atomic E-state index is 6.89. The number of nitrogens with zero attached hydrogens (tertiary/aromatic N) is 1. The highest BCUT2D eigenvalue weighted by molar-refractivity contribution is 6.98. The lowest BCUT2D eigenvalue weighted by atomic mass is 9.34. The first-order valence-electron chi connectivity index (χ1n) is 16.4. The van der Waals surface area contributed by atoms with Crippen LogP contribution in [0.3, 0.4) is 0 Å². The molecule has 3 nitrogen and oxygen atoms in total. The third-order valence-corrected chi connectivity index (χ3v) is 9.46. The van der Waals surface area contributed by atoms with Crippen LogP contribution in [-0.2, 0) is 0 Å². The van der Waals surface area contributed by atoms with E-state index in [0.29, 0.717) is 0 Å². The molecule has 0 unspecified atom stereocenters. The molecular formula is C44H32BNO2. The average molecular weight is 618 g/mol. The lowest BCUT2D eigenvalue weighted by molar-refractivity contribution is 0.465. The Morgan fingerprint density at radius 3 is 1.31 bits per heavy atom. The zero-order chi connectivity index (χ0) is 32.2. The Hall–Kier alpha value is -6.00. The normalized spacial score (nSPS) is 12.2. The van der Waals surface area contributed by atoms with Crippen LogP contribution in [0.25, 0.3) is 22.3 Å². The van der Waals surface area contributed by atoms with E-state index in [1.807, 2.05) is 12.1 Å². The number of hydrogen-bond donors (Lipinski definition) is 0. The second-order valence-electron chi connectivity index (χ2n) is 12.7. The maximum Gasteiger partial charge on any atom is 0.260 e. The molecule has 0 atom stereocenters. The van der Waals surface area contributed by atoms with Crippen molar-refractivity contribution in [2.75, 3.05) is 4.90 Å². The van der Waals surface area contributed by atoms with Crippen molar-refractivity contribution in [2.24, 2.45) is 0 Å². The van der Waals surface area contributed by atoms with Crippen LogP contribution < -0.4 is 30.8 Å². The second-order valence-corrected chi connectivity index (χ2v) is 12.7. The first kappa shape index (κ1) is 28.2. The van der Waals surface area contributed by atoms with Gasteiger partial charge in [-0.1, -0.05) is 120 Å². The summed E-state index contributed by atoms with van der Waals surface area (Å²) in [4.78, 5) is 2.26. The molecule has 0 aromatic heterocycles. The van der Waals surface area contributed by atoms with Gasteiger partial charge in [-0.3, -0.25) is 0 Å². The maximum absolute atomic E-state index is 6.89.